The highest BCUT2D eigenvalue weighted by molar-refractivity contribution is 5.85. The van der Waals surface area contributed by atoms with Crippen LogP contribution in [0.25, 0.3) is 22.3 Å². The zero-order valence-electron chi connectivity index (χ0n) is 21.2. The van der Waals surface area contributed by atoms with Crippen molar-refractivity contribution >= 4 is 16.9 Å². The Bertz CT molecular complexity index is 1580. The molecule has 0 aliphatic heterocycles. The van der Waals surface area contributed by atoms with Crippen molar-refractivity contribution in [2.45, 2.75) is 32.0 Å². The normalized spacial score (nSPS) is 12.8. The number of benzene rings is 3. The number of aromatic amines is 2. The number of hydrogen-bond acceptors (Lipinski definition) is 6. The summed E-state index contributed by atoms with van der Waals surface area (Å²) < 4.78 is 10.9. The van der Waals surface area contributed by atoms with E-state index in [2.05, 4.69) is 15.0 Å². The quantitative estimate of drug-likeness (QED) is 0.202. The molecule has 5 rings (SSSR count). The molecule has 0 saturated carbocycles. The average Bonchev–Trinajstić information content (AvgIpc) is 3.63. The van der Waals surface area contributed by atoms with E-state index >= 15 is 0 Å². The third-order valence-corrected chi connectivity index (χ3v) is 6.73. The number of hydrogen-bond donors (Lipinski definition) is 4. The number of H-pyrrole nitrogens is 2. The number of imidazole rings is 1. The van der Waals surface area contributed by atoms with Crippen molar-refractivity contribution in [2.75, 3.05) is 7.11 Å². The van der Waals surface area contributed by atoms with Gasteiger partial charge in [-0.05, 0) is 54.8 Å². The maximum absolute atomic E-state index is 11.5. The van der Waals surface area contributed by atoms with Gasteiger partial charge in [-0.1, -0.05) is 36.4 Å². The van der Waals surface area contributed by atoms with Gasteiger partial charge in [0.25, 0.3) is 0 Å². The molecule has 0 bridgehead atoms. The summed E-state index contributed by atoms with van der Waals surface area (Å²) in [6.45, 7) is 1.56. The van der Waals surface area contributed by atoms with Gasteiger partial charge in [-0.15, -0.1) is 0 Å². The second-order valence-corrected chi connectivity index (χ2v) is 9.26. The van der Waals surface area contributed by atoms with Crippen LogP contribution in [0.2, 0.25) is 0 Å². The van der Waals surface area contributed by atoms with Gasteiger partial charge in [0.05, 0.1) is 25.6 Å². The lowest BCUT2D eigenvalue weighted by molar-refractivity contribution is -0.140. The molecule has 0 aliphatic carbocycles. The highest BCUT2D eigenvalue weighted by Gasteiger charge is 2.28. The van der Waals surface area contributed by atoms with Gasteiger partial charge in [0.1, 0.15) is 22.9 Å². The first-order chi connectivity index (χ1) is 18.4. The number of ether oxygens (including phenoxy) is 2. The third kappa shape index (κ3) is 5.04. The smallest absolute Gasteiger partial charge is 0.305 e. The number of aliphatic hydroxyl groups excluding tert-OH is 1. The fraction of sp³-hybridized carbons (Fsp3) is 0.200. The number of methoxy groups -OCH3 is 1. The number of carbonyl (C=O) groups is 1. The van der Waals surface area contributed by atoms with Gasteiger partial charge >= 0.3 is 5.97 Å². The Morgan fingerprint density at radius 1 is 1.08 bits per heavy atom. The molecule has 2 heterocycles. The second kappa shape index (κ2) is 10.5. The van der Waals surface area contributed by atoms with E-state index in [1.165, 1.54) is 7.11 Å². The van der Waals surface area contributed by atoms with Crippen molar-refractivity contribution in [1.82, 2.24) is 15.0 Å². The third-order valence-electron chi connectivity index (χ3n) is 6.73. The molecule has 8 nitrogen and oxygen atoms in total. The Labute approximate surface area is 219 Å². The maximum Gasteiger partial charge on any atom is 0.305 e. The molecule has 0 saturated heterocycles. The standard InChI is InChI=1S/C30H29N3O5/c1-30(36,21-7-3-5-19(15-21)9-12-28(35)37-2)27-17-32-29(33-27)20-6-4-8-22(16-20)38-26-11-10-25-23(13-14-31-25)24(26)18-34/h3-8,10-11,13-17,31,34,36H,9,12,18H2,1-2H3,(H,32,33). The number of esters is 1. The first-order valence-electron chi connectivity index (χ1n) is 12.3. The molecule has 1 unspecified atom stereocenters. The van der Waals surface area contributed by atoms with Crippen LogP contribution in [0.15, 0.2) is 79.1 Å². The van der Waals surface area contributed by atoms with Gasteiger partial charge < -0.3 is 29.7 Å². The molecule has 0 radical (unpaired) electrons. The van der Waals surface area contributed by atoms with Gasteiger partial charge in [-0.2, -0.15) is 0 Å². The van der Waals surface area contributed by atoms with E-state index in [0.717, 1.165) is 22.0 Å². The van der Waals surface area contributed by atoms with Crippen molar-refractivity contribution in [3.05, 3.63) is 102 Å². The van der Waals surface area contributed by atoms with E-state index in [4.69, 9.17) is 9.47 Å². The summed E-state index contributed by atoms with van der Waals surface area (Å²) >= 11 is 0. The Morgan fingerprint density at radius 2 is 1.92 bits per heavy atom. The topological polar surface area (TPSA) is 120 Å². The number of nitrogens with zero attached hydrogens (tertiary/aromatic N) is 1. The number of carbonyl (C=O) groups excluding carboxylic acids is 1. The van der Waals surface area contributed by atoms with E-state index in [-0.39, 0.29) is 19.0 Å². The summed E-state index contributed by atoms with van der Waals surface area (Å²) in [6, 6.07) is 20.6. The van der Waals surface area contributed by atoms with Gasteiger partial charge in [0, 0.05) is 34.6 Å². The molecule has 1 atom stereocenters. The van der Waals surface area contributed by atoms with E-state index in [1.54, 1.807) is 13.1 Å². The molecule has 0 amide bonds. The lowest BCUT2D eigenvalue weighted by Crippen LogP contribution is -2.23. The molecule has 0 fully saturated rings. The Morgan fingerprint density at radius 3 is 2.74 bits per heavy atom. The number of aryl methyl sites for hydroxylation is 1. The molecule has 0 aliphatic rings. The first kappa shape index (κ1) is 25.3. The number of rotatable bonds is 9. The molecule has 0 spiro atoms. The molecular weight excluding hydrogens is 482 g/mol. The van der Waals surface area contributed by atoms with Gasteiger partial charge in [-0.25, -0.2) is 4.98 Å². The van der Waals surface area contributed by atoms with Crippen molar-refractivity contribution < 1.29 is 24.5 Å². The maximum atomic E-state index is 11.5. The van der Waals surface area contributed by atoms with Crippen LogP contribution >= 0.6 is 0 Å². The van der Waals surface area contributed by atoms with Gasteiger partial charge in [-0.3, -0.25) is 4.79 Å². The zero-order chi connectivity index (χ0) is 26.7. The SMILES string of the molecule is COC(=O)CCc1cccc(C(C)(O)c2cnc(-c3cccc(Oc4ccc5[nH]ccc5c4CO)c3)[nH]2)c1. The number of aromatic nitrogens is 3. The van der Waals surface area contributed by atoms with E-state index in [0.29, 0.717) is 40.6 Å². The summed E-state index contributed by atoms with van der Waals surface area (Å²) in [5.41, 5.74) is 3.23. The molecule has 4 N–H and O–H groups in total. The van der Waals surface area contributed by atoms with E-state index in [9.17, 15) is 15.0 Å². The predicted octanol–water partition coefficient (Wildman–Crippen LogP) is 5.20. The monoisotopic (exact) mass is 511 g/mol. The minimum Gasteiger partial charge on any atom is -0.469 e. The van der Waals surface area contributed by atoms with Crippen molar-refractivity contribution in [3.63, 3.8) is 0 Å². The summed E-state index contributed by atoms with van der Waals surface area (Å²) in [5, 5.41) is 22.3. The van der Waals surface area contributed by atoms with Crippen LogP contribution in [0, 0.1) is 0 Å². The molecule has 3 aromatic carbocycles. The molecule has 38 heavy (non-hydrogen) atoms. The Balaban J connectivity index is 1.38. The van der Waals surface area contributed by atoms with Crippen LogP contribution in [0.1, 0.15) is 35.7 Å². The molecule has 2 aromatic heterocycles. The zero-order valence-corrected chi connectivity index (χ0v) is 21.2. The van der Waals surface area contributed by atoms with Crippen LogP contribution in [-0.4, -0.2) is 38.2 Å². The first-order valence-corrected chi connectivity index (χ1v) is 12.3. The minimum atomic E-state index is -1.33. The largest absolute Gasteiger partial charge is 0.469 e. The van der Waals surface area contributed by atoms with E-state index in [1.807, 2.05) is 72.9 Å². The molecule has 194 valence electrons. The van der Waals surface area contributed by atoms with Crippen LogP contribution in [0.5, 0.6) is 11.5 Å². The van der Waals surface area contributed by atoms with Crippen molar-refractivity contribution in [1.29, 1.82) is 0 Å². The highest BCUT2D eigenvalue weighted by atomic mass is 16.5. The fourth-order valence-electron chi connectivity index (χ4n) is 4.52. The van der Waals surface area contributed by atoms with Crippen LogP contribution < -0.4 is 4.74 Å². The van der Waals surface area contributed by atoms with Crippen LogP contribution in [0.3, 0.4) is 0 Å². The molecule has 8 heteroatoms. The average molecular weight is 512 g/mol. The van der Waals surface area contributed by atoms with Crippen molar-refractivity contribution in [3.8, 4) is 22.9 Å². The highest BCUT2D eigenvalue weighted by Crippen LogP contribution is 2.34. The molecule has 5 aromatic rings. The van der Waals surface area contributed by atoms with Crippen molar-refractivity contribution in [2.24, 2.45) is 0 Å². The van der Waals surface area contributed by atoms with Gasteiger partial charge in [0.2, 0.25) is 0 Å². The van der Waals surface area contributed by atoms with E-state index < -0.39 is 5.60 Å². The number of fused-ring (bicyclic) bond motifs is 1. The predicted molar refractivity (Wildman–Crippen MR) is 144 cm³/mol. The summed E-state index contributed by atoms with van der Waals surface area (Å²) in [4.78, 5) is 22.4. The van der Waals surface area contributed by atoms with Gasteiger partial charge in [0.15, 0.2) is 0 Å². The summed E-state index contributed by atoms with van der Waals surface area (Å²) in [5.74, 6) is 1.47. The molecular formula is C30H29N3O5. The number of aliphatic hydroxyl groups is 2. The lowest BCUT2D eigenvalue weighted by Gasteiger charge is -2.23. The fourth-order valence-corrected chi connectivity index (χ4v) is 4.52. The Hall–Kier alpha value is -4.40. The minimum absolute atomic E-state index is 0.148. The summed E-state index contributed by atoms with van der Waals surface area (Å²) in [6.07, 6.45) is 4.24. The summed E-state index contributed by atoms with van der Waals surface area (Å²) in [7, 11) is 1.37. The number of nitrogens with one attached hydrogen (secondary N) is 2. The lowest BCUT2D eigenvalue weighted by atomic mass is 9.91. The second-order valence-electron chi connectivity index (χ2n) is 9.26. The Kier molecular flexibility index (Phi) is 7.00. The van der Waals surface area contributed by atoms with Crippen LogP contribution in [-0.2, 0) is 28.2 Å². The van der Waals surface area contributed by atoms with Crippen LogP contribution in [0.4, 0.5) is 0 Å².